The molecular formula is C26H26N2O5. The summed E-state index contributed by atoms with van der Waals surface area (Å²) in [6.07, 6.45) is 0.918. The molecule has 1 aliphatic heterocycles. The van der Waals surface area contributed by atoms with E-state index < -0.39 is 0 Å². The van der Waals surface area contributed by atoms with Crippen LogP contribution in [0.15, 0.2) is 72.8 Å². The molecule has 0 saturated heterocycles. The van der Waals surface area contributed by atoms with E-state index in [1.807, 2.05) is 54.6 Å². The minimum Gasteiger partial charge on any atom is -0.497 e. The molecule has 1 heterocycles. The average Bonchev–Trinajstić information content (AvgIpc) is 2.84. The number of benzene rings is 3. The Morgan fingerprint density at radius 1 is 1.03 bits per heavy atom. The Hall–Kier alpha value is -4.00. The quantitative estimate of drug-likeness (QED) is 0.502. The van der Waals surface area contributed by atoms with Crippen molar-refractivity contribution in [2.75, 3.05) is 37.1 Å². The van der Waals surface area contributed by atoms with Gasteiger partial charge in [-0.05, 0) is 54.4 Å². The number of ether oxygens (including phenoxy) is 3. The Bertz CT molecular complexity index is 1100. The van der Waals surface area contributed by atoms with Gasteiger partial charge in [-0.1, -0.05) is 30.3 Å². The van der Waals surface area contributed by atoms with Crippen molar-refractivity contribution in [3.05, 3.63) is 78.4 Å². The number of hydrogen-bond donors (Lipinski definition) is 1. The smallest absolute Gasteiger partial charge is 0.265 e. The molecule has 4 rings (SSSR count). The van der Waals surface area contributed by atoms with E-state index >= 15 is 0 Å². The fourth-order valence-corrected chi connectivity index (χ4v) is 3.60. The molecule has 3 aromatic carbocycles. The monoisotopic (exact) mass is 446 g/mol. The van der Waals surface area contributed by atoms with Crippen LogP contribution in [-0.4, -0.2) is 38.7 Å². The molecule has 0 radical (unpaired) electrons. The van der Waals surface area contributed by atoms with Crippen molar-refractivity contribution in [3.63, 3.8) is 0 Å². The molecule has 33 heavy (non-hydrogen) atoms. The Kier molecular flexibility index (Phi) is 7.09. The van der Waals surface area contributed by atoms with Crippen LogP contribution >= 0.6 is 0 Å². The molecule has 0 unspecified atom stereocenters. The molecule has 2 amide bonds. The summed E-state index contributed by atoms with van der Waals surface area (Å²) in [6, 6.07) is 22.2. The van der Waals surface area contributed by atoms with Gasteiger partial charge in [0.15, 0.2) is 6.61 Å². The fraction of sp³-hybridized carbons (Fsp3) is 0.231. The number of amides is 2. The summed E-state index contributed by atoms with van der Waals surface area (Å²) < 4.78 is 16.5. The van der Waals surface area contributed by atoms with Crippen molar-refractivity contribution in [1.82, 2.24) is 0 Å². The molecule has 0 fully saturated rings. The van der Waals surface area contributed by atoms with Gasteiger partial charge < -0.3 is 24.4 Å². The van der Waals surface area contributed by atoms with E-state index in [0.717, 1.165) is 17.1 Å². The number of carbonyl (C=O) groups is 2. The summed E-state index contributed by atoms with van der Waals surface area (Å²) >= 11 is 0. The van der Waals surface area contributed by atoms with Crippen LogP contribution in [0.1, 0.15) is 12.0 Å². The highest BCUT2D eigenvalue weighted by atomic mass is 16.5. The normalized spacial score (nSPS) is 12.5. The van der Waals surface area contributed by atoms with Crippen LogP contribution in [0.5, 0.6) is 17.2 Å². The summed E-state index contributed by atoms with van der Waals surface area (Å²) in [6.45, 7) is 0.929. The Morgan fingerprint density at radius 2 is 1.79 bits per heavy atom. The second kappa shape index (κ2) is 10.5. The van der Waals surface area contributed by atoms with E-state index in [0.29, 0.717) is 36.7 Å². The zero-order valence-electron chi connectivity index (χ0n) is 18.5. The standard InChI is InChI=1S/C26H26N2O5/c1-31-21-9-11-22(12-10-21)32-15-5-14-28-23-17-20(8-13-24(23)33-18-26(28)30)27-25(29)16-19-6-3-2-4-7-19/h2-4,6-13,17H,5,14-16,18H2,1H3,(H,27,29). The van der Waals surface area contributed by atoms with Crippen molar-refractivity contribution < 1.29 is 23.8 Å². The number of rotatable bonds is 9. The Labute approximate surface area is 192 Å². The predicted octanol–water partition coefficient (Wildman–Crippen LogP) is 4.07. The largest absolute Gasteiger partial charge is 0.497 e. The second-order valence-corrected chi connectivity index (χ2v) is 7.60. The van der Waals surface area contributed by atoms with Gasteiger partial charge in [-0.25, -0.2) is 0 Å². The van der Waals surface area contributed by atoms with Crippen LogP contribution in [-0.2, 0) is 16.0 Å². The van der Waals surface area contributed by atoms with Gasteiger partial charge in [0.25, 0.3) is 5.91 Å². The lowest BCUT2D eigenvalue weighted by Gasteiger charge is -2.30. The highest BCUT2D eigenvalue weighted by Gasteiger charge is 2.25. The first-order chi connectivity index (χ1) is 16.1. The van der Waals surface area contributed by atoms with Gasteiger partial charge in [-0.3, -0.25) is 9.59 Å². The van der Waals surface area contributed by atoms with Crippen LogP contribution in [0, 0.1) is 0 Å². The first-order valence-electron chi connectivity index (χ1n) is 10.8. The molecule has 0 aliphatic carbocycles. The van der Waals surface area contributed by atoms with Crippen molar-refractivity contribution in [2.24, 2.45) is 0 Å². The van der Waals surface area contributed by atoms with Crippen molar-refractivity contribution in [1.29, 1.82) is 0 Å². The third kappa shape index (κ3) is 5.83. The first kappa shape index (κ1) is 22.2. The molecule has 0 spiro atoms. The van der Waals surface area contributed by atoms with Gasteiger partial charge in [0, 0.05) is 12.2 Å². The fourth-order valence-electron chi connectivity index (χ4n) is 3.60. The maximum absolute atomic E-state index is 12.5. The number of methoxy groups -OCH3 is 1. The molecule has 1 aliphatic rings. The predicted molar refractivity (Wildman–Crippen MR) is 126 cm³/mol. The molecular weight excluding hydrogens is 420 g/mol. The lowest BCUT2D eigenvalue weighted by atomic mass is 10.1. The maximum Gasteiger partial charge on any atom is 0.265 e. The lowest BCUT2D eigenvalue weighted by molar-refractivity contribution is -0.121. The molecule has 7 nitrogen and oxygen atoms in total. The Balaban J connectivity index is 1.36. The SMILES string of the molecule is COc1ccc(OCCCN2C(=O)COc3ccc(NC(=O)Cc4ccccc4)cc32)cc1. The van der Waals surface area contributed by atoms with E-state index in [4.69, 9.17) is 14.2 Å². The average molecular weight is 447 g/mol. The molecule has 0 atom stereocenters. The third-order valence-electron chi connectivity index (χ3n) is 5.25. The van der Waals surface area contributed by atoms with Gasteiger partial charge in [-0.2, -0.15) is 0 Å². The first-order valence-corrected chi connectivity index (χ1v) is 10.8. The minimum absolute atomic E-state index is 0.00789. The van der Waals surface area contributed by atoms with Crippen LogP contribution in [0.3, 0.4) is 0 Å². The summed E-state index contributed by atoms with van der Waals surface area (Å²) in [5.41, 5.74) is 2.20. The van der Waals surface area contributed by atoms with Gasteiger partial charge in [0.2, 0.25) is 5.91 Å². The summed E-state index contributed by atoms with van der Waals surface area (Å²) in [5.74, 6) is 1.88. The van der Waals surface area contributed by atoms with Crippen LogP contribution < -0.4 is 24.4 Å². The summed E-state index contributed by atoms with van der Waals surface area (Å²) in [7, 11) is 1.62. The molecule has 0 aromatic heterocycles. The zero-order valence-corrected chi connectivity index (χ0v) is 18.5. The topological polar surface area (TPSA) is 77.1 Å². The molecule has 3 aromatic rings. The number of anilines is 2. The van der Waals surface area contributed by atoms with Crippen molar-refractivity contribution in [3.8, 4) is 17.2 Å². The summed E-state index contributed by atoms with van der Waals surface area (Å²) in [4.78, 5) is 26.6. The van der Waals surface area contributed by atoms with Gasteiger partial charge in [0.1, 0.15) is 17.2 Å². The van der Waals surface area contributed by atoms with Gasteiger partial charge in [0.05, 0.1) is 25.8 Å². The van der Waals surface area contributed by atoms with E-state index in [9.17, 15) is 9.59 Å². The number of nitrogens with one attached hydrogen (secondary N) is 1. The molecule has 170 valence electrons. The number of carbonyl (C=O) groups excluding carboxylic acids is 2. The van der Waals surface area contributed by atoms with E-state index in [1.165, 1.54) is 0 Å². The molecule has 7 heteroatoms. The third-order valence-corrected chi connectivity index (χ3v) is 5.25. The van der Waals surface area contributed by atoms with E-state index in [-0.39, 0.29) is 24.8 Å². The van der Waals surface area contributed by atoms with E-state index in [1.54, 1.807) is 30.2 Å². The van der Waals surface area contributed by atoms with Crippen molar-refractivity contribution >= 4 is 23.2 Å². The number of fused-ring (bicyclic) bond motifs is 1. The lowest BCUT2D eigenvalue weighted by Crippen LogP contribution is -2.39. The molecule has 1 N–H and O–H groups in total. The van der Waals surface area contributed by atoms with Crippen molar-refractivity contribution in [2.45, 2.75) is 12.8 Å². The highest BCUT2D eigenvalue weighted by Crippen LogP contribution is 2.34. The van der Waals surface area contributed by atoms with Crippen LogP contribution in [0.4, 0.5) is 11.4 Å². The van der Waals surface area contributed by atoms with E-state index in [2.05, 4.69) is 5.32 Å². The molecule has 0 bridgehead atoms. The minimum atomic E-state index is -0.125. The highest BCUT2D eigenvalue weighted by molar-refractivity contribution is 5.99. The zero-order chi connectivity index (χ0) is 23.0. The van der Waals surface area contributed by atoms with Crippen LogP contribution in [0.25, 0.3) is 0 Å². The summed E-state index contributed by atoms with van der Waals surface area (Å²) in [5, 5.41) is 2.91. The second-order valence-electron chi connectivity index (χ2n) is 7.60. The van der Waals surface area contributed by atoms with Gasteiger partial charge >= 0.3 is 0 Å². The number of hydrogen-bond acceptors (Lipinski definition) is 5. The molecule has 0 saturated carbocycles. The van der Waals surface area contributed by atoms with Gasteiger partial charge in [-0.15, -0.1) is 0 Å². The maximum atomic E-state index is 12.5. The number of nitrogens with zero attached hydrogens (tertiary/aromatic N) is 1. The van der Waals surface area contributed by atoms with Crippen LogP contribution in [0.2, 0.25) is 0 Å². The Morgan fingerprint density at radius 3 is 2.55 bits per heavy atom.